The van der Waals surface area contributed by atoms with Crippen LogP contribution >= 0.6 is 11.6 Å². The van der Waals surface area contributed by atoms with Gasteiger partial charge in [0.2, 0.25) is 5.91 Å². The molecule has 0 fully saturated rings. The summed E-state index contributed by atoms with van der Waals surface area (Å²) in [6.07, 6.45) is 2.51. The Hall–Kier alpha value is -4.50. The maximum Gasteiger partial charge on any atom is 0.251 e. The van der Waals surface area contributed by atoms with E-state index in [1.54, 1.807) is 30.3 Å². The Morgan fingerprint density at radius 2 is 1.61 bits per heavy atom. The molecule has 3 N–H and O–H groups in total. The fourth-order valence-corrected chi connectivity index (χ4v) is 5.07. The van der Waals surface area contributed by atoms with Crippen LogP contribution in [0.15, 0.2) is 72.8 Å². The van der Waals surface area contributed by atoms with E-state index in [0.717, 1.165) is 35.0 Å². The molecule has 0 aliphatic carbocycles. The zero-order valence-electron chi connectivity index (χ0n) is 25.1. The molecule has 0 unspecified atom stereocenters. The summed E-state index contributed by atoms with van der Waals surface area (Å²) in [5, 5.41) is 14.5. The van der Waals surface area contributed by atoms with Gasteiger partial charge in [0.1, 0.15) is 0 Å². The molecule has 4 aromatic rings. The van der Waals surface area contributed by atoms with Gasteiger partial charge < -0.3 is 15.5 Å². The number of para-hydroxylation sites is 1. The zero-order chi connectivity index (χ0) is 31.5. The van der Waals surface area contributed by atoms with Gasteiger partial charge in [0.25, 0.3) is 11.8 Å². The molecule has 0 saturated heterocycles. The number of benzene rings is 3. The van der Waals surface area contributed by atoms with Crippen LogP contribution in [0, 0.1) is 5.92 Å². The van der Waals surface area contributed by atoms with Crippen LogP contribution in [-0.2, 0) is 9.59 Å². The fraction of sp³-hybridized carbons (Fsp3) is 0.324. The highest BCUT2D eigenvalue weighted by atomic mass is 35.5. The lowest BCUT2D eigenvalue weighted by Crippen LogP contribution is -2.44. The summed E-state index contributed by atoms with van der Waals surface area (Å²) < 4.78 is 0. The van der Waals surface area contributed by atoms with Crippen molar-refractivity contribution in [2.45, 2.75) is 39.5 Å². The number of halogens is 1. The molecular weight excluding hydrogens is 578 g/mol. The predicted octanol–water partition coefficient (Wildman–Crippen LogP) is 5.66. The highest BCUT2D eigenvalue weighted by Crippen LogP contribution is 2.26. The Morgan fingerprint density at radius 3 is 2.36 bits per heavy atom. The molecule has 1 heterocycles. The van der Waals surface area contributed by atoms with Crippen molar-refractivity contribution in [3.8, 4) is 11.3 Å². The van der Waals surface area contributed by atoms with Crippen LogP contribution in [0.1, 0.15) is 60.2 Å². The van der Waals surface area contributed by atoms with E-state index in [4.69, 9.17) is 11.6 Å². The Bertz CT molecular complexity index is 1600. The number of fused-ring (bicyclic) bond motifs is 1. The molecular formula is C34H38ClN5O4. The lowest BCUT2D eigenvalue weighted by molar-refractivity contribution is -0.135. The number of unbranched alkanes of at least 4 members (excludes halogenated alkanes) is 2. The van der Waals surface area contributed by atoms with E-state index in [9.17, 15) is 19.2 Å². The van der Waals surface area contributed by atoms with Gasteiger partial charge in [-0.25, -0.2) is 0 Å². The number of nitrogens with zero attached hydrogens (tertiary/aromatic N) is 2. The third-order valence-electron chi connectivity index (χ3n) is 7.10. The van der Waals surface area contributed by atoms with Gasteiger partial charge in [0.15, 0.2) is 5.78 Å². The van der Waals surface area contributed by atoms with Crippen molar-refractivity contribution in [3.05, 3.63) is 88.9 Å². The molecule has 0 aliphatic rings. The van der Waals surface area contributed by atoms with Gasteiger partial charge in [0.05, 0.1) is 24.3 Å². The quantitative estimate of drug-likeness (QED) is 0.149. The van der Waals surface area contributed by atoms with E-state index in [1.165, 1.54) is 11.0 Å². The second-order valence-corrected chi connectivity index (χ2v) is 11.6. The number of hydrogen-bond acceptors (Lipinski definition) is 5. The van der Waals surface area contributed by atoms with Crippen molar-refractivity contribution in [3.63, 3.8) is 0 Å². The van der Waals surface area contributed by atoms with Crippen molar-refractivity contribution in [2.75, 3.05) is 26.2 Å². The van der Waals surface area contributed by atoms with Gasteiger partial charge in [-0.1, -0.05) is 68.3 Å². The molecule has 0 atom stereocenters. The number of aromatic nitrogens is 2. The molecule has 44 heavy (non-hydrogen) atoms. The zero-order valence-corrected chi connectivity index (χ0v) is 25.8. The first-order chi connectivity index (χ1) is 21.2. The van der Waals surface area contributed by atoms with Crippen LogP contribution in [-0.4, -0.2) is 64.8 Å². The summed E-state index contributed by atoms with van der Waals surface area (Å²) in [4.78, 5) is 52.0. The number of aromatic amines is 1. The van der Waals surface area contributed by atoms with Crippen LogP contribution in [0.4, 0.5) is 0 Å². The first-order valence-corrected chi connectivity index (χ1v) is 15.2. The van der Waals surface area contributed by atoms with Gasteiger partial charge in [-0.2, -0.15) is 5.10 Å². The Labute approximate surface area is 262 Å². The monoisotopic (exact) mass is 615 g/mol. The number of amides is 3. The molecule has 10 heteroatoms. The third-order valence-corrected chi connectivity index (χ3v) is 7.34. The summed E-state index contributed by atoms with van der Waals surface area (Å²) >= 11 is 5.94. The molecule has 3 amide bonds. The molecule has 0 saturated carbocycles. The Morgan fingerprint density at radius 1 is 0.864 bits per heavy atom. The van der Waals surface area contributed by atoms with Gasteiger partial charge >= 0.3 is 0 Å². The molecule has 3 aromatic carbocycles. The first-order valence-electron chi connectivity index (χ1n) is 14.9. The fourth-order valence-electron chi connectivity index (χ4n) is 4.88. The largest absolute Gasteiger partial charge is 0.352 e. The van der Waals surface area contributed by atoms with Crippen molar-refractivity contribution in [1.82, 2.24) is 25.7 Å². The van der Waals surface area contributed by atoms with E-state index >= 15 is 0 Å². The standard InChI is InChI=1S/C34H38ClN5O4/c1-23(2)21-40(31(42)20-37-34(44)26-9-8-10-27(35)19-26)22-28(41)11-4-3-7-18-36-33(43)25-16-14-24(15-17-25)32-29-12-5-6-13-30(29)38-39-32/h5-6,8-10,12-17,19,23H,3-4,7,11,18,20-22H2,1-2H3,(H,36,43)(H,37,44)(H,38,39). The van der Waals surface area contributed by atoms with Crippen LogP contribution in [0.5, 0.6) is 0 Å². The van der Waals surface area contributed by atoms with Crippen molar-refractivity contribution in [1.29, 1.82) is 0 Å². The Balaban J connectivity index is 1.15. The molecule has 0 aliphatic heterocycles. The number of carbonyl (C=O) groups is 4. The second-order valence-electron chi connectivity index (χ2n) is 11.2. The van der Waals surface area contributed by atoms with Gasteiger partial charge in [-0.3, -0.25) is 24.3 Å². The second kappa shape index (κ2) is 15.8. The average molecular weight is 616 g/mol. The van der Waals surface area contributed by atoms with Crippen LogP contribution in [0.2, 0.25) is 5.02 Å². The number of Topliss-reactive ketones (excluding diaryl/α,β-unsaturated/α-hetero) is 1. The molecule has 0 spiro atoms. The van der Waals surface area contributed by atoms with Crippen molar-refractivity contribution >= 4 is 46.0 Å². The lowest BCUT2D eigenvalue weighted by Gasteiger charge is -2.24. The minimum atomic E-state index is -0.400. The maximum absolute atomic E-state index is 12.8. The third kappa shape index (κ3) is 9.25. The number of H-pyrrole nitrogens is 1. The summed E-state index contributed by atoms with van der Waals surface area (Å²) in [5.74, 6) is -0.724. The number of hydrogen-bond donors (Lipinski definition) is 3. The van der Waals surface area contributed by atoms with E-state index in [1.807, 2.05) is 50.2 Å². The van der Waals surface area contributed by atoms with Gasteiger partial charge in [-0.05, 0) is 55.2 Å². The summed E-state index contributed by atoms with van der Waals surface area (Å²) in [6, 6.07) is 21.8. The van der Waals surface area contributed by atoms with E-state index in [2.05, 4.69) is 20.8 Å². The normalized spacial score (nSPS) is 11.0. The van der Waals surface area contributed by atoms with Gasteiger partial charge in [-0.15, -0.1) is 0 Å². The van der Waals surface area contributed by atoms with Crippen LogP contribution in [0.3, 0.4) is 0 Å². The molecule has 0 bridgehead atoms. The summed E-state index contributed by atoms with van der Waals surface area (Å²) in [7, 11) is 0. The van der Waals surface area contributed by atoms with Crippen molar-refractivity contribution in [2.24, 2.45) is 5.92 Å². The van der Waals surface area contributed by atoms with Crippen molar-refractivity contribution < 1.29 is 19.2 Å². The number of rotatable bonds is 15. The minimum Gasteiger partial charge on any atom is -0.352 e. The van der Waals surface area contributed by atoms with E-state index in [-0.39, 0.29) is 36.6 Å². The molecule has 9 nitrogen and oxygen atoms in total. The number of carbonyl (C=O) groups excluding carboxylic acids is 4. The molecule has 0 radical (unpaired) electrons. The highest BCUT2D eigenvalue weighted by Gasteiger charge is 2.19. The van der Waals surface area contributed by atoms with Gasteiger partial charge in [0, 0.05) is 46.6 Å². The maximum atomic E-state index is 12.8. The van der Waals surface area contributed by atoms with E-state index in [0.29, 0.717) is 42.1 Å². The summed E-state index contributed by atoms with van der Waals surface area (Å²) in [6.45, 7) is 4.67. The average Bonchev–Trinajstić information content (AvgIpc) is 3.45. The number of ketones is 1. The number of nitrogens with one attached hydrogen (secondary N) is 3. The lowest BCUT2D eigenvalue weighted by atomic mass is 10.1. The first kappa shape index (κ1) is 32.4. The topological polar surface area (TPSA) is 124 Å². The van der Waals surface area contributed by atoms with E-state index < -0.39 is 5.91 Å². The molecule has 1 aromatic heterocycles. The van der Waals surface area contributed by atoms with Crippen LogP contribution in [0.25, 0.3) is 22.2 Å². The predicted molar refractivity (Wildman–Crippen MR) is 173 cm³/mol. The highest BCUT2D eigenvalue weighted by molar-refractivity contribution is 6.31. The Kier molecular flexibility index (Phi) is 11.7. The summed E-state index contributed by atoms with van der Waals surface area (Å²) in [5.41, 5.74) is 3.68. The SMILES string of the molecule is CC(C)CN(CC(=O)CCCCCNC(=O)c1ccc(-c2n[nH]c3ccccc23)cc1)C(=O)CNC(=O)c1cccc(Cl)c1. The minimum absolute atomic E-state index is 0.00481. The van der Waals surface area contributed by atoms with Crippen LogP contribution < -0.4 is 10.6 Å². The molecule has 4 rings (SSSR count). The molecule has 230 valence electrons. The smallest absolute Gasteiger partial charge is 0.251 e.